The van der Waals surface area contributed by atoms with Gasteiger partial charge in [0.25, 0.3) is 11.7 Å². The van der Waals surface area contributed by atoms with Gasteiger partial charge in [0.2, 0.25) is 16.6 Å². The highest BCUT2D eigenvalue weighted by Gasteiger charge is 2.23. The summed E-state index contributed by atoms with van der Waals surface area (Å²) in [7, 11) is 2.99. The van der Waals surface area contributed by atoms with Gasteiger partial charge in [-0.05, 0) is 36.7 Å². The van der Waals surface area contributed by atoms with Crippen molar-refractivity contribution >= 4 is 46.4 Å². The Morgan fingerprint density at radius 2 is 2.00 bits per heavy atom. The van der Waals surface area contributed by atoms with Crippen molar-refractivity contribution in [2.24, 2.45) is 4.99 Å². The Labute approximate surface area is 183 Å². The first-order valence-electron chi connectivity index (χ1n) is 8.41. The number of amides is 1. The largest absolute Gasteiger partial charge is 0.481 e. The molecule has 30 heavy (non-hydrogen) atoms. The number of carbonyl (C=O) groups is 1. The minimum Gasteiger partial charge on any atom is -0.481 e. The minimum absolute atomic E-state index is 0.174. The summed E-state index contributed by atoms with van der Waals surface area (Å²) in [5, 5.41) is 4.78. The van der Waals surface area contributed by atoms with E-state index in [1.807, 2.05) is 0 Å². The molecule has 4 rings (SSSR count). The molecule has 0 aliphatic heterocycles. The second-order valence-electron chi connectivity index (χ2n) is 5.92. The smallest absolute Gasteiger partial charge is 0.285 e. The van der Waals surface area contributed by atoms with Crippen LogP contribution in [-0.2, 0) is 0 Å². The summed E-state index contributed by atoms with van der Waals surface area (Å²) in [6.07, 6.45) is 0. The van der Waals surface area contributed by atoms with Gasteiger partial charge < -0.3 is 14.0 Å². The van der Waals surface area contributed by atoms with Crippen molar-refractivity contribution in [3.8, 4) is 23.0 Å². The summed E-state index contributed by atoms with van der Waals surface area (Å²) in [6.45, 7) is 1.62. The number of carbonyl (C=O) groups excluding carboxylic acids is 1. The summed E-state index contributed by atoms with van der Waals surface area (Å²) in [5.74, 6) is 0.768. The molecule has 4 aromatic rings. The molecule has 0 aliphatic rings. The van der Waals surface area contributed by atoms with Crippen molar-refractivity contribution in [1.82, 2.24) is 18.9 Å². The molecule has 0 bridgehead atoms. The molecule has 9 nitrogen and oxygen atoms in total. The van der Waals surface area contributed by atoms with Gasteiger partial charge in [-0.2, -0.15) is 18.8 Å². The Bertz CT molecular complexity index is 1340. The summed E-state index contributed by atoms with van der Waals surface area (Å²) < 4.78 is 17.3. The van der Waals surface area contributed by atoms with E-state index in [1.165, 1.54) is 14.2 Å². The van der Waals surface area contributed by atoms with Crippen molar-refractivity contribution in [2.45, 2.75) is 6.92 Å². The first-order chi connectivity index (χ1) is 14.4. The lowest BCUT2D eigenvalue weighted by molar-refractivity contribution is 0.0997. The van der Waals surface area contributed by atoms with E-state index in [0.717, 1.165) is 11.5 Å². The van der Waals surface area contributed by atoms with Crippen LogP contribution in [0.3, 0.4) is 0 Å². The number of rotatable bonds is 4. The molecule has 0 fully saturated rings. The zero-order valence-corrected chi connectivity index (χ0v) is 18.2. The van der Waals surface area contributed by atoms with E-state index in [1.54, 1.807) is 35.0 Å². The molecule has 1 amide bonds. The lowest BCUT2D eigenvalue weighted by Gasteiger charge is -2.03. The Balaban J connectivity index is 1.81. The van der Waals surface area contributed by atoms with Crippen LogP contribution in [0.2, 0.25) is 10.0 Å². The van der Waals surface area contributed by atoms with Crippen molar-refractivity contribution in [2.75, 3.05) is 14.2 Å². The zero-order valence-electron chi connectivity index (χ0n) is 15.8. The molecular formula is C18H13Cl2N5O4S. The van der Waals surface area contributed by atoms with Crippen LogP contribution < -0.4 is 14.3 Å². The highest BCUT2D eigenvalue weighted by molar-refractivity contribution is 7.03. The van der Waals surface area contributed by atoms with Crippen molar-refractivity contribution in [1.29, 1.82) is 0 Å². The Morgan fingerprint density at radius 1 is 1.20 bits per heavy atom. The summed E-state index contributed by atoms with van der Waals surface area (Å²) in [5.41, 5.74) is 0.957. The third-order valence-corrected chi connectivity index (χ3v) is 5.51. The number of fused-ring (bicyclic) bond motifs is 1. The maximum Gasteiger partial charge on any atom is 0.285 e. The van der Waals surface area contributed by atoms with Gasteiger partial charge in [0.15, 0.2) is 0 Å². The lowest BCUT2D eigenvalue weighted by Crippen LogP contribution is -2.06. The van der Waals surface area contributed by atoms with Gasteiger partial charge in [-0.25, -0.2) is 0 Å². The van der Waals surface area contributed by atoms with E-state index in [2.05, 4.69) is 20.1 Å². The molecule has 0 spiro atoms. The highest BCUT2D eigenvalue weighted by Crippen LogP contribution is 2.33. The summed E-state index contributed by atoms with van der Waals surface area (Å²) in [6, 6.07) is 6.46. The third-order valence-electron chi connectivity index (χ3n) is 4.09. The average Bonchev–Trinajstić information content (AvgIpc) is 3.29. The van der Waals surface area contributed by atoms with Crippen LogP contribution in [0.4, 0.5) is 0 Å². The predicted molar refractivity (Wildman–Crippen MR) is 111 cm³/mol. The van der Waals surface area contributed by atoms with Gasteiger partial charge >= 0.3 is 0 Å². The van der Waals surface area contributed by atoms with E-state index in [-0.39, 0.29) is 21.8 Å². The molecule has 0 saturated carbocycles. The minimum atomic E-state index is -0.583. The van der Waals surface area contributed by atoms with Gasteiger partial charge in [0.05, 0.1) is 25.3 Å². The standard InChI is InChI=1S/C18H13Cl2N5O4S/c1-8-14(15(24-29-8)10-5-4-9(19)6-11(10)20)16(26)22-18-23-17-21-12(27-2)7-13(28-3)25(17)30-18/h4-7H,1-3H3. The van der Waals surface area contributed by atoms with Gasteiger partial charge in [-0.1, -0.05) is 28.4 Å². The van der Waals surface area contributed by atoms with Crippen LogP contribution in [0.1, 0.15) is 16.1 Å². The van der Waals surface area contributed by atoms with E-state index in [4.69, 9.17) is 37.2 Å². The molecule has 3 aromatic heterocycles. The first-order valence-corrected chi connectivity index (χ1v) is 9.94. The molecule has 3 heterocycles. The maximum atomic E-state index is 13.0. The number of methoxy groups -OCH3 is 2. The molecule has 154 valence electrons. The topological polar surface area (TPSA) is 104 Å². The molecular weight excluding hydrogens is 453 g/mol. The Kier molecular flexibility index (Phi) is 5.46. The van der Waals surface area contributed by atoms with Gasteiger partial charge in [-0.15, -0.1) is 0 Å². The third kappa shape index (κ3) is 3.64. The lowest BCUT2D eigenvalue weighted by atomic mass is 10.1. The van der Waals surface area contributed by atoms with Crippen molar-refractivity contribution in [3.63, 3.8) is 0 Å². The SMILES string of the molecule is COc1cc(OC)n2sc(=NC(=O)c3c(-c4ccc(Cl)cc4Cl)noc3C)nc2n1. The fourth-order valence-corrected chi connectivity index (χ4v) is 3.99. The average molecular weight is 466 g/mol. The van der Waals surface area contributed by atoms with Crippen molar-refractivity contribution in [3.05, 3.63) is 50.4 Å². The second kappa shape index (κ2) is 8.05. The Morgan fingerprint density at radius 3 is 2.70 bits per heavy atom. The summed E-state index contributed by atoms with van der Waals surface area (Å²) in [4.78, 5) is 25.7. The molecule has 0 N–H and O–H groups in total. The van der Waals surface area contributed by atoms with E-state index in [9.17, 15) is 4.79 Å². The monoisotopic (exact) mass is 465 g/mol. The number of hydrogen-bond acceptors (Lipinski definition) is 8. The van der Waals surface area contributed by atoms with E-state index in [0.29, 0.717) is 33.1 Å². The van der Waals surface area contributed by atoms with Crippen LogP contribution in [-0.4, -0.2) is 39.0 Å². The number of aromatic nitrogens is 4. The number of halogens is 2. The first kappa shape index (κ1) is 20.3. The maximum absolute atomic E-state index is 13.0. The quantitative estimate of drug-likeness (QED) is 0.450. The number of nitrogens with zero attached hydrogens (tertiary/aromatic N) is 5. The number of ether oxygens (including phenoxy) is 2. The highest BCUT2D eigenvalue weighted by atomic mass is 35.5. The molecule has 0 atom stereocenters. The normalized spacial score (nSPS) is 11.8. The van der Waals surface area contributed by atoms with Crippen LogP contribution in [0.25, 0.3) is 17.0 Å². The van der Waals surface area contributed by atoms with Crippen LogP contribution in [0, 0.1) is 6.92 Å². The number of aryl methyl sites for hydroxylation is 1. The fourth-order valence-electron chi connectivity index (χ4n) is 2.71. The molecule has 0 unspecified atom stereocenters. The van der Waals surface area contributed by atoms with Crippen molar-refractivity contribution < 1.29 is 18.8 Å². The van der Waals surface area contributed by atoms with Crippen LogP contribution in [0.5, 0.6) is 11.8 Å². The molecule has 12 heteroatoms. The summed E-state index contributed by atoms with van der Waals surface area (Å²) >= 11 is 13.3. The molecule has 0 saturated heterocycles. The number of hydrogen-bond donors (Lipinski definition) is 0. The second-order valence-corrected chi connectivity index (χ2v) is 7.68. The van der Waals surface area contributed by atoms with Gasteiger partial charge in [-0.3, -0.25) is 4.79 Å². The van der Waals surface area contributed by atoms with Gasteiger partial charge in [0.1, 0.15) is 17.0 Å². The Hall–Kier alpha value is -2.95. The van der Waals surface area contributed by atoms with Crippen LogP contribution >= 0.6 is 34.7 Å². The zero-order chi connectivity index (χ0) is 21.4. The molecule has 0 aliphatic carbocycles. The van der Waals surface area contributed by atoms with E-state index >= 15 is 0 Å². The van der Waals surface area contributed by atoms with Crippen LogP contribution in [0.15, 0.2) is 33.8 Å². The van der Waals surface area contributed by atoms with E-state index < -0.39 is 5.91 Å². The molecule has 1 aromatic carbocycles. The van der Waals surface area contributed by atoms with Gasteiger partial charge in [0, 0.05) is 10.6 Å². The number of benzene rings is 1. The molecule has 0 radical (unpaired) electrons. The fraction of sp³-hybridized carbons (Fsp3) is 0.167. The predicted octanol–water partition coefficient (Wildman–Crippen LogP) is 3.82.